The molecule has 3 heterocycles. The van der Waals surface area contributed by atoms with Crippen LogP contribution in [0.1, 0.15) is 145 Å². The van der Waals surface area contributed by atoms with Gasteiger partial charge in [0.05, 0.1) is 18.9 Å². The highest BCUT2D eigenvalue weighted by molar-refractivity contribution is 6.00. The van der Waals surface area contributed by atoms with E-state index in [1.54, 1.807) is 41.5 Å². The van der Waals surface area contributed by atoms with Crippen molar-refractivity contribution in [1.29, 1.82) is 0 Å². The molecule has 17 N–H and O–H groups in total. The number of hydrogen-bond acceptors (Lipinski definition) is 17. The van der Waals surface area contributed by atoms with Crippen LogP contribution < -0.4 is 64.6 Å². The van der Waals surface area contributed by atoms with Crippen molar-refractivity contribution >= 4 is 88.8 Å². The number of carboxylic acids is 3. The molecule has 0 aliphatic carbocycles. The van der Waals surface area contributed by atoms with Gasteiger partial charge in [0.1, 0.15) is 66.5 Å². The van der Waals surface area contributed by atoms with Crippen molar-refractivity contribution in [2.75, 3.05) is 26.2 Å². The maximum atomic E-state index is 14.5. The van der Waals surface area contributed by atoms with E-state index in [1.807, 2.05) is 5.32 Å². The first-order valence-corrected chi connectivity index (χ1v) is 30.0. The molecule has 3 aliphatic heterocycles. The van der Waals surface area contributed by atoms with Crippen molar-refractivity contribution in [3.8, 4) is 0 Å². The number of nitrogens with two attached hydrogens (primary N) is 2. The average molecular weight is 1250 g/mol. The second kappa shape index (κ2) is 35.7. The van der Waals surface area contributed by atoms with Gasteiger partial charge in [-0.2, -0.15) is 0 Å². The lowest BCUT2D eigenvalue weighted by molar-refractivity contribution is -0.147. The van der Waals surface area contributed by atoms with Gasteiger partial charge in [-0.25, -0.2) is 4.79 Å². The number of carbonyl (C=O) groups is 15. The number of primary amides is 1. The molecule has 32 nitrogen and oxygen atoms in total. The fourth-order valence-electron chi connectivity index (χ4n) is 10.4. The molecule has 32 heteroatoms. The molecule has 0 spiro atoms. The van der Waals surface area contributed by atoms with E-state index in [-0.39, 0.29) is 70.0 Å². The summed E-state index contributed by atoms with van der Waals surface area (Å²) in [5.41, 5.74) is 11.0. The van der Waals surface area contributed by atoms with Gasteiger partial charge in [-0.3, -0.25) is 67.1 Å². The zero-order valence-electron chi connectivity index (χ0n) is 51.4. The summed E-state index contributed by atoms with van der Waals surface area (Å²) in [4.78, 5) is 201. The highest BCUT2D eigenvalue weighted by Gasteiger charge is 2.44. The number of nitrogens with one attached hydrogen (secondary N) is 10. The molecule has 3 aliphatic rings. The second-order valence-electron chi connectivity index (χ2n) is 23.7. The third-order valence-electron chi connectivity index (χ3n) is 15.2. The Morgan fingerprint density at radius 2 is 1.01 bits per heavy atom. The second-order valence-corrected chi connectivity index (χ2v) is 23.7. The molecule has 0 unspecified atom stereocenters. The Labute approximate surface area is 510 Å². The largest absolute Gasteiger partial charge is 0.481 e. The number of rotatable bonds is 36. The first kappa shape index (κ1) is 74.2. The van der Waals surface area contributed by atoms with E-state index in [9.17, 15) is 82.1 Å². The van der Waals surface area contributed by atoms with Crippen LogP contribution in [0.5, 0.6) is 0 Å². The lowest BCUT2D eigenvalue weighted by atomic mass is 9.98. The van der Waals surface area contributed by atoms with Crippen molar-refractivity contribution in [3.05, 3.63) is 0 Å². The topological polar surface area (TPSA) is 496 Å². The van der Waals surface area contributed by atoms with E-state index < -0.39 is 186 Å². The Morgan fingerprint density at radius 1 is 0.489 bits per heavy atom. The average Bonchev–Trinajstić information content (AvgIpc) is 4.46. The number of hydrogen-bond donors (Lipinski definition) is 15. The molecule has 0 saturated carbocycles. The quantitative estimate of drug-likeness (QED) is 0.0265. The van der Waals surface area contributed by atoms with Crippen LogP contribution in [0.15, 0.2) is 0 Å². The smallest absolute Gasteiger partial charge is 0.326 e. The standard InChI is InChI=1S/C56H92N14O18/c1-27(2)24-35(50(81)67-43(28(3)4)53(84)62-33(14-9-10-20-57)48(79)64-36(25-40(58)71)49(80)66-37(56(87)88)26-42(74)75)65-51(82)38-16-13-23-70(38)55(86)44(29(5)6)68-52(83)39-17-12-22-69(39)54(85)34(18-19-41(72)73)63-46(77)31(8)60-45(76)30(7)61-47(78)32-15-11-21-59-32/h27-39,43-44,59H,9-26,57H2,1-8H3,(H2,58,71)(H,60,76)(H,61,78)(H,62,84)(H,63,77)(H,64,79)(H,65,82)(H,66,80)(H,67,81)(H,68,83)(H,72,73)(H,74,75)(H,87,88)/t30-,31-,32-,33-,34-,35-,36-,37-,38-,39-,43-,44-/m0/s1. The van der Waals surface area contributed by atoms with E-state index in [0.29, 0.717) is 32.2 Å². The number of carbonyl (C=O) groups excluding carboxylic acids is 12. The van der Waals surface area contributed by atoms with Crippen molar-refractivity contribution in [1.82, 2.24) is 63.0 Å². The maximum absolute atomic E-state index is 14.5. The molecule has 0 aromatic carbocycles. The Hall–Kier alpha value is -8.03. The van der Waals surface area contributed by atoms with Gasteiger partial charge in [-0.15, -0.1) is 0 Å². The minimum absolute atomic E-state index is 0.0331. The van der Waals surface area contributed by atoms with Crippen LogP contribution in [0.25, 0.3) is 0 Å². The molecule has 494 valence electrons. The third kappa shape index (κ3) is 23.2. The van der Waals surface area contributed by atoms with E-state index in [0.717, 1.165) is 6.42 Å². The van der Waals surface area contributed by atoms with Gasteiger partial charge in [0.25, 0.3) is 0 Å². The Kier molecular flexibility index (Phi) is 30.1. The Morgan fingerprint density at radius 3 is 1.53 bits per heavy atom. The first-order valence-electron chi connectivity index (χ1n) is 30.0. The summed E-state index contributed by atoms with van der Waals surface area (Å²) < 4.78 is 0. The van der Waals surface area contributed by atoms with E-state index in [4.69, 9.17) is 16.6 Å². The van der Waals surface area contributed by atoms with Crippen molar-refractivity contribution in [2.45, 2.75) is 218 Å². The molecule has 0 radical (unpaired) electrons. The Bertz CT molecular complexity index is 2540. The summed E-state index contributed by atoms with van der Waals surface area (Å²) in [5, 5.41) is 53.8. The molecular formula is C56H92N14O18. The van der Waals surface area contributed by atoms with Crippen molar-refractivity contribution in [2.24, 2.45) is 29.2 Å². The number of aliphatic carboxylic acids is 3. The fraction of sp³-hybridized carbons (Fsp3) is 0.732. The molecule has 0 aromatic rings. The van der Waals surface area contributed by atoms with Gasteiger partial charge in [0.2, 0.25) is 70.9 Å². The van der Waals surface area contributed by atoms with Crippen LogP contribution in [-0.2, 0) is 71.9 Å². The molecular weight excluding hydrogens is 1160 g/mol. The van der Waals surface area contributed by atoms with Crippen molar-refractivity contribution < 1.29 is 87.2 Å². The van der Waals surface area contributed by atoms with Crippen LogP contribution in [-0.4, -0.2) is 213 Å². The zero-order chi connectivity index (χ0) is 66.3. The van der Waals surface area contributed by atoms with Crippen LogP contribution >= 0.6 is 0 Å². The van der Waals surface area contributed by atoms with Crippen LogP contribution in [0, 0.1) is 17.8 Å². The third-order valence-corrected chi connectivity index (χ3v) is 15.2. The minimum atomic E-state index is -1.95. The van der Waals surface area contributed by atoms with Gasteiger partial charge in [-0.05, 0) is 115 Å². The molecule has 88 heavy (non-hydrogen) atoms. The van der Waals surface area contributed by atoms with E-state index in [2.05, 4.69) is 47.9 Å². The first-order chi connectivity index (χ1) is 41.3. The monoisotopic (exact) mass is 1250 g/mol. The van der Waals surface area contributed by atoms with Crippen LogP contribution in [0.4, 0.5) is 0 Å². The van der Waals surface area contributed by atoms with Gasteiger partial charge in [0.15, 0.2) is 0 Å². The predicted octanol–water partition coefficient (Wildman–Crippen LogP) is -4.09. The molecule has 3 fully saturated rings. The highest BCUT2D eigenvalue weighted by Crippen LogP contribution is 2.24. The maximum Gasteiger partial charge on any atom is 0.326 e. The molecule has 12 atom stereocenters. The summed E-state index contributed by atoms with van der Waals surface area (Å²) >= 11 is 0. The number of unbranched alkanes of at least 4 members (excludes halogenated alkanes) is 1. The van der Waals surface area contributed by atoms with E-state index >= 15 is 0 Å². The lowest BCUT2D eigenvalue weighted by Crippen LogP contribution is -2.61. The minimum Gasteiger partial charge on any atom is -0.481 e. The predicted molar refractivity (Wildman–Crippen MR) is 312 cm³/mol. The van der Waals surface area contributed by atoms with Gasteiger partial charge in [-0.1, -0.05) is 41.5 Å². The summed E-state index contributed by atoms with van der Waals surface area (Å²) in [7, 11) is 0. The van der Waals surface area contributed by atoms with Gasteiger partial charge in [0, 0.05) is 19.5 Å². The van der Waals surface area contributed by atoms with Gasteiger partial charge < -0.3 is 89.8 Å². The molecule has 0 aromatic heterocycles. The van der Waals surface area contributed by atoms with Crippen LogP contribution in [0.2, 0.25) is 0 Å². The number of nitrogens with zero attached hydrogens (tertiary/aromatic N) is 2. The van der Waals surface area contributed by atoms with Crippen molar-refractivity contribution in [3.63, 3.8) is 0 Å². The summed E-state index contributed by atoms with van der Waals surface area (Å²) in [6.07, 6.45) is 0.129. The summed E-state index contributed by atoms with van der Waals surface area (Å²) in [6, 6.07) is -15.6. The number of likely N-dealkylation sites (tertiary alicyclic amines) is 2. The molecule has 3 saturated heterocycles. The summed E-state index contributed by atoms with van der Waals surface area (Å²) in [5.74, 6) is -15.9. The summed E-state index contributed by atoms with van der Waals surface area (Å²) in [6.45, 7) is 13.8. The lowest BCUT2D eigenvalue weighted by Gasteiger charge is -2.33. The van der Waals surface area contributed by atoms with Crippen LogP contribution in [0.3, 0.4) is 0 Å². The Balaban J connectivity index is 1.77. The van der Waals surface area contributed by atoms with E-state index in [1.165, 1.54) is 23.6 Å². The molecule has 0 bridgehead atoms. The SMILES string of the molecule is CC(C)C[C@H](NC(=O)[C@@H]1CCCN1C(=O)[C@@H](NC(=O)[C@@H]1CCCN1C(=O)[C@H](CCC(=O)O)NC(=O)[C@H](C)NC(=O)[C@H](C)NC(=O)[C@@H]1CCCN1)C(C)C)C(=O)N[C@H](C(=O)N[C@@H](CCCCN)C(=O)N[C@@H](CC(N)=O)C(=O)N[C@@H](CC(=O)O)C(=O)O)C(C)C. The molecule has 12 amide bonds. The normalized spacial score (nSPS) is 19.5. The zero-order valence-corrected chi connectivity index (χ0v) is 51.4. The number of carboxylic acid groups (broad SMARTS) is 3. The highest BCUT2D eigenvalue weighted by atomic mass is 16.4. The number of amides is 12. The van der Waals surface area contributed by atoms with Gasteiger partial charge >= 0.3 is 17.9 Å². The fourth-order valence-corrected chi connectivity index (χ4v) is 10.4. The molecule has 3 rings (SSSR count).